The standard InChI is InChI=1S/C64H78N14O7S/c1-38(2)60(64(82)77-35-48(79)26-55(77)63(81)69-39(3)41-9-11-42(12-10-41)61-40(4)68-37-86-61)57-30-58(72-85-57)74-23-16-44(17-24-74)76-32-43(67-36-76)31-73-21-18-49(19-22-73)83-50-27-51(28-50)84-59-25-45(15-20-66-59)78-46-13-14-47(78)34-75(33-46)54-29-53(70-71-62(54)65)52-7-5-6-8-56(52)80/h5-12,15,20,25,29-30,32,36-39,44,46-51,55,60,79-80H,13-14,16-19,21-24,26-28,31,33-35H2,1-4H3,(H2,65,71)(H,69,81)/t39-,46+,47?,48+,50?,51?,55-,60+/m0/s1. The molecular weight excluding hydrogens is 1110 g/mol. The highest BCUT2D eigenvalue weighted by molar-refractivity contribution is 7.13. The summed E-state index contributed by atoms with van der Waals surface area (Å²) in [6.45, 7) is 13.8. The number of para-hydroxylation sites is 1. The second-order valence-electron chi connectivity index (χ2n) is 24.9. The van der Waals surface area contributed by atoms with Crippen molar-refractivity contribution in [3.05, 3.63) is 120 Å². The molecule has 6 fully saturated rings. The van der Waals surface area contributed by atoms with E-state index in [4.69, 9.17) is 24.7 Å². The van der Waals surface area contributed by atoms with E-state index in [1.807, 2.05) is 94.3 Å². The number of ether oxygens (including phenoxy) is 2. The molecule has 7 aromatic rings. The molecule has 1 unspecified atom stereocenters. The number of anilines is 4. The summed E-state index contributed by atoms with van der Waals surface area (Å²) < 4.78 is 21.3. The summed E-state index contributed by atoms with van der Waals surface area (Å²) in [5.41, 5.74) is 15.5. The Hall–Kier alpha value is -7.66. The van der Waals surface area contributed by atoms with Crippen LogP contribution in [0.5, 0.6) is 11.6 Å². The number of nitrogens with one attached hydrogen (secondary N) is 1. The van der Waals surface area contributed by atoms with Gasteiger partial charge in [0.1, 0.15) is 23.8 Å². The van der Waals surface area contributed by atoms with E-state index < -0.39 is 18.1 Å². The number of hydrogen-bond acceptors (Lipinski definition) is 19. The summed E-state index contributed by atoms with van der Waals surface area (Å²) in [6.07, 6.45) is 13.6. The van der Waals surface area contributed by atoms with Crippen LogP contribution in [0.3, 0.4) is 0 Å². The first-order valence-corrected chi connectivity index (χ1v) is 31.6. The quantitative estimate of drug-likeness (QED) is 0.0631. The van der Waals surface area contributed by atoms with Gasteiger partial charge in [0.15, 0.2) is 17.4 Å². The van der Waals surface area contributed by atoms with Crippen molar-refractivity contribution in [1.82, 2.24) is 50.0 Å². The zero-order chi connectivity index (χ0) is 59.2. The number of aromatic nitrogens is 7. The van der Waals surface area contributed by atoms with Crippen molar-refractivity contribution in [2.45, 2.75) is 153 Å². The summed E-state index contributed by atoms with van der Waals surface area (Å²) in [5, 5.41) is 37.5. The van der Waals surface area contributed by atoms with Gasteiger partial charge in [-0.15, -0.1) is 21.5 Å². The average Bonchev–Trinajstić information content (AvgIpc) is 3.68. The van der Waals surface area contributed by atoms with Gasteiger partial charge in [0, 0.05) is 126 Å². The Bertz CT molecular complexity index is 3480. The zero-order valence-corrected chi connectivity index (χ0v) is 50.2. The molecule has 22 heteroatoms. The number of rotatable bonds is 18. The minimum absolute atomic E-state index is 0.0737. The van der Waals surface area contributed by atoms with Gasteiger partial charge in [0.05, 0.1) is 63.8 Å². The zero-order valence-electron chi connectivity index (χ0n) is 49.4. The fraction of sp³-hybridized carbons (Fsp3) is 0.500. The van der Waals surface area contributed by atoms with Gasteiger partial charge in [-0.25, -0.2) is 15.0 Å². The SMILES string of the molecule is Cc1ncsc1-c1ccc([C@H](C)NC(=O)[C@@H]2C[C@@H](O)CN2C(=O)[C@@H](c2cc(N3CCC(n4cnc(CN5CCC(OC6CC(Oc7cc(N8C9CC[C@@H]8CN(c8cc(-c%10ccccc%10O)nnc8N)C9)ccn7)C6)CC5)c4)CC3)no2)C(C)C)cc1. The normalized spacial score (nSPS) is 23.7. The first-order valence-electron chi connectivity index (χ1n) is 30.7. The van der Waals surface area contributed by atoms with E-state index in [-0.39, 0.29) is 60.8 Å². The number of nitrogen functional groups attached to an aromatic ring is 1. The number of pyridine rings is 1. The van der Waals surface area contributed by atoms with Crippen molar-refractivity contribution in [2.24, 2.45) is 5.92 Å². The lowest BCUT2D eigenvalue weighted by molar-refractivity contribution is -0.141. The Kier molecular flexibility index (Phi) is 16.4. The maximum Gasteiger partial charge on any atom is 0.243 e. The predicted octanol–water partition coefficient (Wildman–Crippen LogP) is 8.31. The number of aliphatic hydroxyl groups excluding tert-OH is 1. The third kappa shape index (κ3) is 12.1. The topological polar surface area (TPSA) is 243 Å². The smallest absolute Gasteiger partial charge is 0.243 e. The van der Waals surface area contributed by atoms with Crippen LogP contribution in [0.2, 0.25) is 0 Å². The van der Waals surface area contributed by atoms with Crippen LogP contribution in [0, 0.1) is 12.8 Å². The molecule has 0 radical (unpaired) electrons. The number of nitrogens with two attached hydrogens (primary N) is 1. The first-order chi connectivity index (χ1) is 41.7. The average molecular weight is 1190 g/mol. The van der Waals surface area contributed by atoms with Crippen LogP contribution in [0.1, 0.15) is 119 Å². The number of fused-ring (bicyclic) bond motifs is 2. The van der Waals surface area contributed by atoms with Gasteiger partial charge in [-0.3, -0.25) is 14.5 Å². The van der Waals surface area contributed by atoms with Crippen molar-refractivity contribution in [3.63, 3.8) is 0 Å². The Labute approximate surface area is 505 Å². The molecule has 6 atom stereocenters. The van der Waals surface area contributed by atoms with Gasteiger partial charge in [0.25, 0.3) is 0 Å². The second-order valence-corrected chi connectivity index (χ2v) is 25.7. The van der Waals surface area contributed by atoms with Gasteiger partial charge in [0.2, 0.25) is 17.7 Å². The summed E-state index contributed by atoms with van der Waals surface area (Å²) in [4.78, 5) is 54.3. The Balaban J connectivity index is 0.534. The number of carbonyl (C=O) groups excluding carboxylic acids is 2. The fourth-order valence-electron chi connectivity index (χ4n) is 14.0. The molecule has 5 N–H and O–H groups in total. The van der Waals surface area contributed by atoms with Crippen molar-refractivity contribution < 1.29 is 33.8 Å². The summed E-state index contributed by atoms with van der Waals surface area (Å²) in [5.74, 6) is 1.01. The molecule has 2 amide bonds. The number of β-amino-alcohol motifs (C(OH)–C–C–N with tert-alkyl or cyclic N) is 1. The molecule has 10 heterocycles. The molecule has 2 bridgehead atoms. The van der Waals surface area contributed by atoms with Crippen molar-refractivity contribution in [3.8, 4) is 33.3 Å². The monoisotopic (exact) mass is 1190 g/mol. The molecule has 86 heavy (non-hydrogen) atoms. The van der Waals surface area contributed by atoms with Crippen molar-refractivity contribution in [1.29, 1.82) is 0 Å². The first kappa shape index (κ1) is 57.4. The van der Waals surface area contributed by atoms with Crippen LogP contribution >= 0.6 is 11.3 Å². The van der Waals surface area contributed by atoms with Crippen LogP contribution in [-0.4, -0.2) is 155 Å². The Morgan fingerprint density at radius 3 is 2.33 bits per heavy atom. The van der Waals surface area contributed by atoms with E-state index in [0.29, 0.717) is 52.7 Å². The van der Waals surface area contributed by atoms with E-state index in [1.165, 1.54) is 4.90 Å². The van der Waals surface area contributed by atoms with Crippen molar-refractivity contribution in [2.75, 3.05) is 66.2 Å². The number of carbonyl (C=O) groups is 2. The van der Waals surface area contributed by atoms with E-state index in [0.717, 1.165) is 136 Å². The summed E-state index contributed by atoms with van der Waals surface area (Å²) in [6, 6.07) is 23.1. The summed E-state index contributed by atoms with van der Waals surface area (Å²) in [7, 11) is 0. The molecule has 6 aliphatic rings. The van der Waals surface area contributed by atoms with Crippen LogP contribution < -0.4 is 30.5 Å². The molecule has 5 aliphatic heterocycles. The predicted molar refractivity (Wildman–Crippen MR) is 328 cm³/mol. The molecular formula is C64H78N14O7S. The van der Waals surface area contributed by atoms with Crippen LogP contribution in [0.15, 0.2) is 102 Å². The second kappa shape index (κ2) is 24.6. The largest absolute Gasteiger partial charge is 0.507 e. The van der Waals surface area contributed by atoms with Crippen LogP contribution in [-0.2, 0) is 20.9 Å². The molecule has 2 aromatic carbocycles. The number of phenolic OH excluding ortho intramolecular Hbond substituents is 1. The number of amides is 2. The Morgan fingerprint density at radius 2 is 1.59 bits per heavy atom. The van der Waals surface area contributed by atoms with Gasteiger partial charge in [-0.05, 0) is 93.7 Å². The molecule has 1 aliphatic carbocycles. The number of aliphatic hydroxyl groups is 1. The van der Waals surface area contributed by atoms with Crippen molar-refractivity contribution >= 4 is 46.2 Å². The number of aryl methyl sites for hydroxylation is 1. The summed E-state index contributed by atoms with van der Waals surface area (Å²) >= 11 is 1.60. The minimum Gasteiger partial charge on any atom is -0.507 e. The van der Waals surface area contributed by atoms with E-state index in [2.05, 4.69) is 73.1 Å². The number of likely N-dealkylation sites (tertiary alicyclic amines) is 2. The molecule has 452 valence electrons. The number of piperazine rings is 1. The fourth-order valence-corrected chi connectivity index (χ4v) is 14.8. The number of benzene rings is 2. The number of thiazole rings is 1. The molecule has 21 nitrogen and oxygen atoms in total. The van der Waals surface area contributed by atoms with Gasteiger partial charge < -0.3 is 59.4 Å². The van der Waals surface area contributed by atoms with Gasteiger partial charge >= 0.3 is 0 Å². The van der Waals surface area contributed by atoms with Gasteiger partial charge in [-0.1, -0.05) is 55.4 Å². The third-order valence-corrected chi connectivity index (χ3v) is 19.7. The molecule has 13 rings (SSSR count). The Morgan fingerprint density at radius 1 is 0.826 bits per heavy atom. The lowest BCUT2D eigenvalue weighted by Crippen LogP contribution is -2.54. The minimum atomic E-state index is -0.813. The van der Waals surface area contributed by atoms with E-state index in [9.17, 15) is 19.8 Å². The van der Waals surface area contributed by atoms with E-state index in [1.54, 1.807) is 23.5 Å². The van der Waals surface area contributed by atoms with Gasteiger partial charge in [-0.2, -0.15) is 0 Å². The number of hydrogen-bond donors (Lipinski definition) is 4. The van der Waals surface area contributed by atoms with E-state index >= 15 is 0 Å². The lowest BCUT2D eigenvalue weighted by atomic mass is 9.91. The number of phenols is 1. The van der Waals surface area contributed by atoms with Crippen LogP contribution in [0.25, 0.3) is 21.7 Å². The number of imidazole rings is 1. The number of piperidine rings is 2. The maximum atomic E-state index is 14.4. The molecule has 0 spiro atoms. The molecule has 1 saturated carbocycles. The third-order valence-electron chi connectivity index (χ3n) is 18.7. The lowest BCUT2D eigenvalue weighted by Gasteiger charge is -2.43. The van der Waals surface area contributed by atoms with Crippen LogP contribution in [0.4, 0.5) is 23.0 Å². The highest BCUT2D eigenvalue weighted by Gasteiger charge is 2.45. The highest BCUT2D eigenvalue weighted by Crippen LogP contribution is 2.41. The number of nitrogens with zero attached hydrogens (tertiary/aromatic N) is 12. The highest BCUT2D eigenvalue weighted by atomic mass is 32.1. The molecule has 5 aromatic heterocycles. The molecule has 5 saturated heterocycles. The maximum absolute atomic E-state index is 14.4. The number of aromatic hydroxyl groups is 1.